The van der Waals surface area contributed by atoms with E-state index in [1.54, 1.807) is 0 Å². The van der Waals surface area contributed by atoms with E-state index in [9.17, 15) is 4.79 Å². The lowest BCUT2D eigenvalue weighted by Crippen LogP contribution is -2.55. The number of rotatable bonds is 8. The third kappa shape index (κ3) is 4.74. The van der Waals surface area contributed by atoms with E-state index in [2.05, 4.69) is 25.2 Å². The lowest BCUT2D eigenvalue weighted by Gasteiger charge is -2.30. The van der Waals surface area contributed by atoms with Gasteiger partial charge in [-0.1, -0.05) is 39.0 Å². The fourth-order valence-electron chi connectivity index (χ4n) is 2.55. The van der Waals surface area contributed by atoms with E-state index in [0.29, 0.717) is 18.9 Å². The van der Waals surface area contributed by atoms with Gasteiger partial charge in [0.2, 0.25) is 5.91 Å². The van der Waals surface area contributed by atoms with Gasteiger partial charge >= 0.3 is 0 Å². The molecule has 0 saturated carbocycles. The Balaban J connectivity index is 2.82. The number of ether oxygens (including phenoxy) is 1. The predicted octanol–water partition coefficient (Wildman–Crippen LogP) is 2.82. The van der Waals surface area contributed by atoms with E-state index in [-0.39, 0.29) is 12.0 Å². The second-order valence-corrected chi connectivity index (χ2v) is 6.05. The Hall–Kier alpha value is -1.55. The highest BCUT2D eigenvalue weighted by Gasteiger charge is 2.32. The van der Waals surface area contributed by atoms with Crippen LogP contribution in [0, 0.1) is 0 Å². The molecule has 118 valence electrons. The van der Waals surface area contributed by atoms with Crippen LogP contribution in [0.25, 0.3) is 0 Å². The maximum Gasteiger partial charge on any atom is 0.237 e. The van der Waals surface area contributed by atoms with Gasteiger partial charge in [-0.2, -0.15) is 0 Å². The molecule has 2 atom stereocenters. The zero-order chi connectivity index (χ0) is 16.0. The van der Waals surface area contributed by atoms with Crippen molar-refractivity contribution in [2.24, 2.45) is 5.73 Å². The molecule has 1 rings (SSSR count). The first-order valence-corrected chi connectivity index (χ1v) is 7.60. The Kier molecular flexibility index (Phi) is 6.21. The number of primary amides is 1. The topological polar surface area (TPSA) is 64.3 Å². The molecule has 0 aliphatic rings. The average molecular weight is 292 g/mol. The van der Waals surface area contributed by atoms with Crippen LogP contribution in [-0.2, 0) is 4.79 Å². The molecule has 1 aromatic carbocycles. The van der Waals surface area contributed by atoms with Gasteiger partial charge in [0, 0.05) is 6.42 Å². The molecule has 1 amide bonds. The minimum absolute atomic E-state index is 0.110. The standard InChI is InChI=1S/C17H28N2O2/c1-6-19-17(5,16(18)20)11-13(4)21-15-10-8-7-9-14(15)12(2)3/h7-10,12-13,19H,6,11H2,1-5H3,(H2,18,20). The summed E-state index contributed by atoms with van der Waals surface area (Å²) >= 11 is 0. The lowest BCUT2D eigenvalue weighted by molar-refractivity contribution is -0.124. The van der Waals surface area contributed by atoms with Gasteiger partial charge < -0.3 is 15.8 Å². The van der Waals surface area contributed by atoms with Gasteiger partial charge in [-0.15, -0.1) is 0 Å². The van der Waals surface area contributed by atoms with Crippen molar-refractivity contribution in [1.82, 2.24) is 5.32 Å². The van der Waals surface area contributed by atoms with Gasteiger partial charge in [0.1, 0.15) is 5.75 Å². The van der Waals surface area contributed by atoms with Crippen molar-refractivity contribution in [2.75, 3.05) is 6.54 Å². The first-order valence-electron chi connectivity index (χ1n) is 7.60. The van der Waals surface area contributed by atoms with E-state index >= 15 is 0 Å². The lowest BCUT2D eigenvalue weighted by atomic mass is 9.93. The molecule has 21 heavy (non-hydrogen) atoms. The van der Waals surface area contributed by atoms with Crippen molar-refractivity contribution >= 4 is 5.91 Å². The average Bonchev–Trinajstić information content (AvgIpc) is 2.38. The van der Waals surface area contributed by atoms with E-state index in [4.69, 9.17) is 10.5 Å². The molecule has 0 aliphatic heterocycles. The summed E-state index contributed by atoms with van der Waals surface area (Å²) in [4.78, 5) is 11.7. The van der Waals surface area contributed by atoms with Crippen LogP contribution in [0.3, 0.4) is 0 Å². The predicted molar refractivity (Wildman–Crippen MR) is 86.5 cm³/mol. The van der Waals surface area contributed by atoms with Crippen LogP contribution in [0.1, 0.15) is 52.5 Å². The number of para-hydroxylation sites is 1. The summed E-state index contributed by atoms with van der Waals surface area (Å²) in [6.07, 6.45) is 0.421. The van der Waals surface area contributed by atoms with E-state index < -0.39 is 5.54 Å². The molecule has 0 spiro atoms. The van der Waals surface area contributed by atoms with Gasteiger partial charge in [0.05, 0.1) is 11.6 Å². The third-order valence-electron chi connectivity index (χ3n) is 3.68. The quantitative estimate of drug-likeness (QED) is 0.774. The Morgan fingerprint density at radius 2 is 1.95 bits per heavy atom. The molecule has 1 aromatic rings. The van der Waals surface area contributed by atoms with Crippen LogP contribution >= 0.6 is 0 Å². The fraction of sp³-hybridized carbons (Fsp3) is 0.588. The highest BCUT2D eigenvalue weighted by Crippen LogP contribution is 2.28. The van der Waals surface area contributed by atoms with E-state index in [1.807, 2.05) is 39.0 Å². The zero-order valence-electron chi connectivity index (χ0n) is 13.8. The maximum absolute atomic E-state index is 11.7. The fourth-order valence-corrected chi connectivity index (χ4v) is 2.55. The molecule has 0 fully saturated rings. The number of likely N-dealkylation sites (N-methyl/N-ethyl adjacent to an activating group) is 1. The number of nitrogens with two attached hydrogens (primary N) is 1. The zero-order valence-corrected chi connectivity index (χ0v) is 13.8. The van der Waals surface area contributed by atoms with Crippen molar-refractivity contribution in [3.63, 3.8) is 0 Å². The summed E-state index contributed by atoms with van der Waals surface area (Å²) in [6, 6.07) is 8.02. The van der Waals surface area contributed by atoms with Crippen molar-refractivity contribution in [3.8, 4) is 5.75 Å². The highest BCUT2D eigenvalue weighted by molar-refractivity contribution is 5.84. The Labute approximate surface area is 128 Å². The molecule has 0 saturated heterocycles. The second kappa shape index (κ2) is 7.46. The van der Waals surface area contributed by atoms with Gasteiger partial charge in [0.25, 0.3) is 0 Å². The number of carbonyl (C=O) groups is 1. The highest BCUT2D eigenvalue weighted by atomic mass is 16.5. The number of amides is 1. The normalized spacial score (nSPS) is 15.5. The van der Waals surface area contributed by atoms with Crippen molar-refractivity contribution in [1.29, 1.82) is 0 Å². The molecule has 3 N–H and O–H groups in total. The number of nitrogens with one attached hydrogen (secondary N) is 1. The third-order valence-corrected chi connectivity index (χ3v) is 3.68. The number of benzene rings is 1. The largest absolute Gasteiger partial charge is 0.490 e. The molecule has 2 unspecified atom stereocenters. The molecular weight excluding hydrogens is 264 g/mol. The van der Waals surface area contributed by atoms with Crippen molar-refractivity contribution in [3.05, 3.63) is 29.8 Å². The Bertz CT molecular complexity index is 474. The monoisotopic (exact) mass is 292 g/mol. The maximum atomic E-state index is 11.7. The van der Waals surface area contributed by atoms with E-state index in [0.717, 1.165) is 5.75 Å². The van der Waals surface area contributed by atoms with Crippen LogP contribution in [0.2, 0.25) is 0 Å². The van der Waals surface area contributed by atoms with Gasteiger partial charge in [0.15, 0.2) is 0 Å². The number of hydrogen-bond acceptors (Lipinski definition) is 3. The molecule has 4 heteroatoms. The van der Waals surface area contributed by atoms with Gasteiger partial charge in [-0.05, 0) is 37.9 Å². The summed E-state index contributed by atoms with van der Waals surface area (Å²) in [5.74, 6) is 0.921. The number of hydrogen-bond donors (Lipinski definition) is 2. The molecule has 0 heterocycles. The van der Waals surface area contributed by atoms with Crippen LogP contribution < -0.4 is 15.8 Å². The van der Waals surface area contributed by atoms with Crippen molar-refractivity contribution < 1.29 is 9.53 Å². The molecule has 0 radical (unpaired) electrons. The minimum Gasteiger partial charge on any atom is -0.490 e. The first-order chi connectivity index (χ1) is 9.80. The smallest absolute Gasteiger partial charge is 0.237 e. The molecule has 0 aliphatic carbocycles. The molecule has 0 aromatic heterocycles. The molecule has 4 nitrogen and oxygen atoms in total. The Morgan fingerprint density at radius 1 is 1.33 bits per heavy atom. The summed E-state index contributed by atoms with van der Waals surface area (Å²) in [7, 11) is 0. The Morgan fingerprint density at radius 3 is 2.48 bits per heavy atom. The van der Waals surface area contributed by atoms with Crippen LogP contribution in [0.15, 0.2) is 24.3 Å². The second-order valence-electron chi connectivity index (χ2n) is 6.05. The molecular formula is C17H28N2O2. The van der Waals surface area contributed by atoms with Crippen LogP contribution in [-0.4, -0.2) is 24.1 Å². The van der Waals surface area contributed by atoms with Crippen LogP contribution in [0.5, 0.6) is 5.75 Å². The summed E-state index contributed by atoms with van der Waals surface area (Å²) < 4.78 is 6.05. The van der Waals surface area contributed by atoms with E-state index in [1.165, 1.54) is 5.56 Å². The summed E-state index contributed by atoms with van der Waals surface area (Å²) in [5.41, 5.74) is 5.95. The first kappa shape index (κ1) is 17.5. The summed E-state index contributed by atoms with van der Waals surface area (Å²) in [5, 5.41) is 3.16. The number of carbonyl (C=O) groups excluding carboxylic acids is 1. The SMILES string of the molecule is CCNC(C)(CC(C)Oc1ccccc1C(C)C)C(N)=O. The van der Waals surface area contributed by atoms with Gasteiger partial charge in [-0.25, -0.2) is 0 Å². The van der Waals surface area contributed by atoms with Crippen LogP contribution in [0.4, 0.5) is 0 Å². The van der Waals surface area contributed by atoms with Crippen molar-refractivity contribution in [2.45, 2.75) is 58.6 Å². The summed E-state index contributed by atoms with van der Waals surface area (Å²) in [6.45, 7) is 10.7. The molecule has 0 bridgehead atoms. The minimum atomic E-state index is -0.749. The van der Waals surface area contributed by atoms with Gasteiger partial charge in [-0.3, -0.25) is 4.79 Å².